The van der Waals surface area contributed by atoms with Gasteiger partial charge >= 0.3 is 0 Å². The van der Waals surface area contributed by atoms with Gasteiger partial charge in [-0.05, 0) is 75.5 Å². The Morgan fingerprint density at radius 3 is 2.67 bits per heavy atom. The number of piperidine rings is 1. The lowest BCUT2D eigenvalue weighted by molar-refractivity contribution is -0.115. The number of nitrogens with one attached hydrogen (secondary N) is 2. The summed E-state index contributed by atoms with van der Waals surface area (Å²) in [5.74, 6) is 2.04. The van der Waals surface area contributed by atoms with E-state index in [1.807, 2.05) is 12.1 Å². The SMILES string of the molecule is Nc1ccccc1NC(=O)Cc1coc(CCCN2CCC(CNC3CC3c3ccccc3)CC2)n1. The Morgan fingerprint density at radius 1 is 1.08 bits per heavy atom. The van der Waals surface area contributed by atoms with Gasteiger partial charge in [0.2, 0.25) is 5.91 Å². The van der Waals surface area contributed by atoms with Crippen LogP contribution in [0.3, 0.4) is 0 Å². The molecule has 1 aromatic heterocycles. The predicted octanol–water partition coefficient (Wildman–Crippen LogP) is 4.23. The third-order valence-electron chi connectivity index (χ3n) is 7.43. The highest BCUT2D eigenvalue weighted by molar-refractivity contribution is 5.94. The van der Waals surface area contributed by atoms with Gasteiger partial charge in [0.05, 0.1) is 23.5 Å². The Morgan fingerprint density at radius 2 is 1.86 bits per heavy atom. The van der Waals surface area contributed by atoms with Crippen LogP contribution in [0.2, 0.25) is 0 Å². The monoisotopic (exact) mass is 487 g/mol. The molecule has 0 bridgehead atoms. The van der Waals surface area contributed by atoms with E-state index in [0.29, 0.717) is 34.9 Å². The number of carbonyl (C=O) groups is 1. The number of amides is 1. The van der Waals surface area contributed by atoms with Crippen molar-refractivity contribution in [2.45, 2.75) is 50.5 Å². The Labute approximate surface area is 213 Å². The quantitative estimate of drug-likeness (QED) is 0.350. The molecular formula is C29H37N5O2. The van der Waals surface area contributed by atoms with Gasteiger partial charge in [-0.1, -0.05) is 42.5 Å². The van der Waals surface area contributed by atoms with Gasteiger partial charge in [-0.25, -0.2) is 4.98 Å². The first-order valence-corrected chi connectivity index (χ1v) is 13.2. The number of carbonyl (C=O) groups excluding carboxylic acids is 1. The number of nitrogens with two attached hydrogens (primary N) is 1. The van der Waals surface area contributed by atoms with Gasteiger partial charge in [-0.15, -0.1) is 0 Å². The van der Waals surface area contributed by atoms with E-state index in [-0.39, 0.29) is 12.3 Å². The van der Waals surface area contributed by atoms with E-state index in [9.17, 15) is 4.79 Å². The molecule has 2 fully saturated rings. The molecule has 2 aliphatic rings. The number of aromatic nitrogens is 1. The molecule has 2 aromatic carbocycles. The summed E-state index contributed by atoms with van der Waals surface area (Å²) < 4.78 is 5.60. The maximum absolute atomic E-state index is 12.3. The minimum Gasteiger partial charge on any atom is -0.449 e. The standard InChI is InChI=1S/C29H37N5O2/c30-25-9-4-5-10-26(25)33-28(35)17-23-20-36-29(32-23)11-6-14-34-15-12-21(13-16-34)19-31-27-18-24(27)22-7-2-1-3-8-22/h1-5,7-10,20-21,24,27,31H,6,11-19,30H2,(H,33,35). The number of benzene rings is 2. The number of para-hydroxylation sites is 2. The van der Waals surface area contributed by atoms with Crippen molar-refractivity contribution in [2.75, 3.05) is 37.2 Å². The Hall–Kier alpha value is -3.16. The zero-order valence-corrected chi connectivity index (χ0v) is 20.9. The number of nitrogens with zero attached hydrogens (tertiary/aromatic N) is 2. The smallest absolute Gasteiger partial charge is 0.230 e. The molecule has 1 saturated carbocycles. The summed E-state index contributed by atoms with van der Waals surface area (Å²) in [6, 6.07) is 18.8. The van der Waals surface area contributed by atoms with Crippen LogP contribution in [0, 0.1) is 5.92 Å². The molecule has 2 atom stereocenters. The van der Waals surface area contributed by atoms with E-state index >= 15 is 0 Å². The van der Waals surface area contributed by atoms with Crippen molar-refractivity contribution in [1.29, 1.82) is 0 Å². The molecule has 7 heteroatoms. The van der Waals surface area contributed by atoms with Gasteiger partial charge in [0.15, 0.2) is 5.89 Å². The first-order valence-electron chi connectivity index (χ1n) is 13.2. The fourth-order valence-electron chi connectivity index (χ4n) is 5.19. The number of hydrogen-bond donors (Lipinski definition) is 3. The van der Waals surface area contributed by atoms with E-state index in [1.54, 1.807) is 18.4 Å². The second kappa shape index (κ2) is 11.7. The van der Waals surface area contributed by atoms with E-state index in [1.165, 1.54) is 37.9 Å². The first kappa shape index (κ1) is 24.5. The largest absolute Gasteiger partial charge is 0.449 e. The fourth-order valence-corrected chi connectivity index (χ4v) is 5.19. The molecule has 0 radical (unpaired) electrons. The second-order valence-electron chi connectivity index (χ2n) is 10.2. The van der Waals surface area contributed by atoms with Crippen LogP contribution in [0.4, 0.5) is 11.4 Å². The van der Waals surface area contributed by atoms with Crippen molar-refractivity contribution in [1.82, 2.24) is 15.2 Å². The molecule has 190 valence electrons. The van der Waals surface area contributed by atoms with Gasteiger partial charge in [-0.3, -0.25) is 4.79 Å². The summed E-state index contributed by atoms with van der Waals surface area (Å²) in [7, 11) is 0. The Bertz CT molecular complexity index is 1120. The summed E-state index contributed by atoms with van der Waals surface area (Å²) in [5.41, 5.74) is 9.18. The molecule has 36 heavy (non-hydrogen) atoms. The average Bonchev–Trinajstić information content (AvgIpc) is 3.55. The van der Waals surface area contributed by atoms with Gasteiger partial charge < -0.3 is 25.7 Å². The first-order chi connectivity index (χ1) is 17.6. The van der Waals surface area contributed by atoms with Crippen LogP contribution >= 0.6 is 0 Å². The molecule has 1 aliphatic carbocycles. The fraction of sp³-hybridized carbons (Fsp3) is 0.448. The maximum atomic E-state index is 12.3. The molecule has 7 nitrogen and oxygen atoms in total. The second-order valence-corrected chi connectivity index (χ2v) is 10.2. The third kappa shape index (κ3) is 6.74. The van der Waals surface area contributed by atoms with Crippen molar-refractivity contribution in [2.24, 2.45) is 5.92 Å². The van der Waals surface area contributed by atoms with Crippen molar-refractivity contribution < 1.29 is 9.21 Å². The highest BCUT2D eigenvalue weighted by Gasteiger charge is 2.38. The molecule has 1 saturated heterocycles. The molecular weight excluding hydrogens is 450 g/mol. The van der Waals surface area contributed by atoms with Crippen molar-refractivity contribution >= 4 is 17.3 Å². The number of aryl methyl sites for hydroxylation is 1. The summed E-state index contributed by atoms with van der Waals surface area (Å²) in [5, 5.41) is 6.64. The molecule has 3 aromatic rings. The highest BCUT2D eigenvalue weighted by Crippen LogP contribution is 2.40. The number of hydrogen-bond acceptors (Lipinski definition) is 6. The highest BCUT2D eigenvalue weighted by atomic mass is 16.3. The number of anilines is 2. The Balaban J connectivity index is 0.952. The normalized spacial score (nSPS) is 20.3. The number of rotatable bonds is 11. The van der Waals surface area contributed by atoms with Crippen LogP contribution in [0.15, 0.2) is 65.3 Å². The van der Waals surface area contributed by atoms with Crippen molar-refractivity contribution in [3.63, 3.8) is 0 Å². The van der Waals surface area contributed by atoms with Crippen LogP contribution in [0.5, 0.6) is 0 Å². The Kier molecular flexibility index (Phi) is 7.98. The van der Waals surface area contributed by atoms with E-state index in [0.717, 1.165) is 31.8 Å². The summed E-state index contributed by atoms with van der Waals surface area (Å²) in [4.78, 5) is 19.4. The van der Waals surface area contributed by atoms with Crippen LogP contribution in [0.1, 0.15) is 48.7 Å². The van der Waals surface area contributed by atoms with E-state index in [4.69, 9.17) is 10.2 Å². The minimum absolute atomic E-state index is 0.151. The van der Waals surface area contributed by atoms with Crippen molar-refractivity contribution in [3.05, 3.63) is 78.0 Å². The lowest BCUT2D eigenvalue weighted by atomic mass is 9.96. The minimum atomic E-state index is -0.151. The molecule has 2 heterocycles. The van der Waals surface area contributed by atoms with Crippen LogP contribution in [0.25, 0.3) is 0 Å². The predicted molar refractivity (Wildman–Crippen MR) is 143 cm³/mol. The molecule has 2 unspecified atom stereocenters. The van der Waals surface area contributed by atoms with Crippen LogP contribution < -0.4 is 16.4 Å². The van der Waals surface area contributed by atoms with Gasteiger partial charge in [-0.2, -0.15) is 0 Å². The molecule has 1 aliphatic heterocycles. The third-order valence-corrected chi connectivity index (χ3v) is 7.43. The molecule has 4 N–H and O–H groups in total. The molecule has 0 spiro atoms. The van der Waals surface area contributed by atoms with E-state index in [2.05, 4.69) is 50.8 Å². The lowest BCUT2D eigenvalue weighted by Crippen LogP contribution is -2.38. The summed E-state index contributed by atoms with van der Waals surface area (Å²) in [6.07, 6.45) is 7.36. The number of likely N-dealkylation sites (tertiary alicyclic amines) is 1. The zero-order chi connectivity index (χ0) is 24.7. The number of oxazole rings is 1. The van der Waals surface area contributed by atoms with Crippen LogP contribution in [-0.4, -0.2) is 48.0 Å². The number of nitrogen functional groups attached to an aromatic ring is 1. The summed E-state index contributed by atoms with van der Waals surface area (Å²) >= 11 is 0. The van der Waals surface area contributed by atoms with Crippen molar-refractivity contribution in [3.8, 4) is 0 Å². The maximum Gasteiger partial charge on any atom is 0.230 e. The van der Waals surface area contributed by atoms with Gasteiger partial charge in [0.1, 0.15) is 6.26 Å². The topological polar surface area (TPSA) is 96.4 Å². The van der Waals surface area contributed by atoms with Gasteiger partial charge in [0.25, 0.3) is 0 Å². The van der Waals surface area contributed by atoms with Gasteiger partial charge in [0, 0.05) is 18.4 Å². The zero-order valence-electron chi connectivity index (χ0n) is 20.9. The van der Waals surface area contributed by atoms with Crippen LogP contribution in [-0.2, 0) is 17.6 Å². The molecule has 5 rings (SSSR count). The van der Waals surface area contributed by atoms with E-state index < -0.39 is 0 Å². The lowest BCUT2D eigenvalue weighted by Gasteiger charge is -2.32. The average molecular weight is 488 g/mol. The summed E-state index contributed by atoms with van der Waals surface area (Å²) in [6.45, 7) is 4.53. The molecule has 1 amide bonds.